The lowest BCUT2D eigenvalue weighted by Crippen LogP contribution is -2.54. The SMILES string of the molecule is CC(C#CC#Cc1ccc(C(=O)N[C@H](C(=O)NO)[C@@H](C)N)cc1)N1CCOCC1. The van der Waals surface area contributed by atoms with Crippen LogP contribution in [0.5, 0.6) is 0 Å². The molecule has 1 aliphatic rings. The molecule has 1 unspecified atom stereocenters. The quantitative estimate of drug-likeness (QED) is 0.308. The third kappa shape index (κ3) is 6.90. The van der Waals surface area contributed by atoms with Crippen LogP contribution in [0.2, 0.25) is 0 Å². The van der Waals surface area contributed by atoms with Crippen LogP contribution in [0.15, 0.2) is 24.3 Å². The Morgan fingerprint density at radius 2 is 1.83 bits per heavy atom. The third-order valence-electron chi connectivity index (χ3n) is 4.50. The van der Waals surface area contributed by atoms with E-state index in [1.54, 1.807) is 31.2 Å². The number of morpholine rings is 1. The van der Waals surface area contributed by atoms with Gasteiger partial charge < -0.3 is 15.8 Å². The number of ether oxygens (including phenoxy) is 1. The predicted molar refractivity (Wildman–Crippen MR) is 108 cm³/mol. The van der Waals surface area contributed by atoms with Crippen LogP contribution in [0.25, 0.3) is 0 Å². The molecule has 1 aliphatic heterocycles. The number of nitrogens with zero attached hydrogens (tertiary/aromatic N) is 1. The van der Waals surface area contributed by atoms with E-state index in [1.165, 1.54) is 5.48 Å². The highest BCUT2D eigenvalue weighted by Crippen LogP contribution is 2.05. The van der Waals surface area contributed by atoms with E-state index in [0.717, 1.165) is 26.3 Å². The molecule has 2 rings (SSSR count). The number of nitrogens with two attached hydrogens (primary N) is 1. The number of rotatable bonds is 5. The standard InChI is InChI=1S/C21H26N4O4/c1-15(25-11-13-29-14-12-25)5-3-4-6-17-7-9-18(10-8-17)20(26)23-19(16(2)22)21(27)24-28/h7-10,15-16,19,28H,11-14,22H2,1-2H3,(H,23,26)(H,24,27)/t15?,16-,19+/m1/s1. The maximum absolute atomic E-state index is 12.3. The molecule has 1 fully saturated rings. The minimum Gasteiger partial charge on any atom is -0.379 e. The van der Waals surface area contributed by atoms with Crippen molar-refractivity contribution in [3.63, 3.8) is 0 Å². The first-order valence-corrected chi connectivity index (χ1v) is 9.36. The number of hydroxylamine groups is 1. The minimum atomic E-state index is -1.05. The Morgan fingerprint density at radius 1 is 1.17 bits per heavy atom. The summed E-state index contributed by atoms with van der Waals surface area (Å²) in [5, 5.41) is 11.2. The van der Waals surface area contributed by atoms with Crippen molar-refractivity contribution in [2.75, 3.05) is 26.3 Å². The highest BCUT2D eigenvalue weighted by Gasteiger charge is 2.24. The number of amides is 2. The van der Waals surface area contributed by atoms with Crippen LogP contribution in [0.4, 0.5) is 0 Å². The van der Waals surface area contributed by atoms with Crippen molar-refractivity contribution < 1.29 is 19.5 Å². The van der Waals surface area contributed by atoms with Crippen molar-refractivity contribution in [2.24, 2.45) is 5.73 Å². The molecule has 154 valence electrons. The van der Waals surface area contributed by atoms with E-state index < -0.39 is 23.9 Å². The molecule has 5 N–H and O–H groups in total. The molecule has 3 atom stereocenters. The molecule has 8 nitrogen and oxygen atoms in total. The summed E-state index contributed by atoms with van der Waals surface area (Å²) in [4.78, 5) is 26.1. The number of carbonyl (C=O) groups excluding carboxylic acids is 2. The van der Waals surface area contributed by atoms with Crippen molar-refractivity contribution in [2.45, 2.75) is 32.0 Å². The number of hydrogen-bond acceptors (Lipinski definition) is 6. The summed E-state index contributed by atoms with van der Waals surface area (Å²) < 4.78 is 5.33. The van der Waals surface area contributed by atoms with Crippen molar-refractivity contribution in [1.29, 1.82) is 0 Å². The first-order chi connectivity index (χ1) is 13.9. The van der Waals surface area contributed by atoms with E-state index in [-0.39, 0.29) is 6.04 Å². The highest BCUT2D eigenvalue weighted by molar-refractivity contribution is 5.97. The van der Waals surface area contributed by atoms with Gasteiger partial charge in [0, 0.05) is 30.3 Å². The zero-order valence-corrected chi connectivity index (χ0v) is 16.6. The lowest BCUT2D eigenvalue weighted by Gasteiger charge is -2.29. The third-order valence-corrected chi connectivity index (χ3v) is 4.50. The van der Waals surface area contributed by atoms with Crippen molar-refractivity contribution in [1.82, 2.24) is 15.7 Å². The molecule has 0 aliphatic carbocycles. The van der Waals surface area contributed by atoms with Crippen LogP contribution < -0.4 is 16.5 Å². The lowest BCUT2D eigenvalue weighted by molar-refractivity contribution is -0.131. The fourth-order valence-corrected chi connectivity index (χ4v) is 2.73. The monoisotopic (exact) mass is 398 g/mol. The first-order valence-electron chi connectivity index (χ1n) is 9.36. The van der Waals surface area contributed by atoms with E-state index in [2.05, 4.69) is 33.9 Å². The van der Waals surface area contributed by atoms with Gasteiger partial charge in [-0.05, 0) is 50.0 Å². The van der Waals surface area contributed by atoms with Crippen LogP contribution in [-0.2, 0) is 9.53 Å². The Morgan fingerprint density at radius 3 is 2.41 bits per heavy atom. The normalized spacial score (nSPS) is 16.8. The number of benzene rings is 1. The molecular weight excluding hydrogens is 372 g/mol. The molecule has 0 aromatic heterocycles. The van der Waals surface area contributed by atoms with Crippen LogP contribution in [0.3, 0.4) is 0 Å². The molecule has 0 radical (unpaired) electrons. The van der Waals surface area contributed by atoms with E-state index >= 15 is 0 Å². The van der Waals surface area contributed by atoms with Gasteiger partial charge in [-0.15, -0.1) is 0 Å². The van der Waals surface area contributed by atoms with Gasteiger partial charge in [0.1, 0.15) is 6.04 Å². The summed E-state index contributed by atoms with van der Waals surface area (Å²) in [6, 6.07) is 4.99. The lowest BCUT2D eigenvalue weighted by atomic mass is 10.1. The maximum Gasteiger partial charge on any atom is 0.267 e. The van der Waals surface area contributed by atoms with Crippen molar-refractivity contribution >= 4 is 11.8 Å². The van der Waals surface area contributed by atoms with Crippen LogP contribution in [0, 0.1) is 23.7 Å². The molecule has 1 saturated heterocycles. The molecule has 29 heavy (non-hydrogen) atoms. The molecule has 0 saturated carbocycles. The molecular formula is C21H26N4O4. The molecule has 1 aromatic rings. The summed E-state index contributed by atoms with van der Waals surface area (Å²) in [6.45, 7) is 6.80. The zero-order valence-electron chi connectivity index (χ0n) is 16.6. The highest BCUT2D eigenvalue weighted by atomic mass is 16.5. The van der Waals surface area contributed by atoms with Crippen LogP contribution in [-0.4, -0.2) is 66.4 Å². The molecule has 0 spiro atoms. The van der Waals surface area contributed by atoms with Crippen molar-refractivity contribution in [3.8, 4) is 23.7 Å². The second-order valence-corrected chi connectivity index (χ2v) is 6.71. The van der Waals surface area contributed by atoms with Crippen molar-refractivity contribution in [3.05, 3.63) is 35.4 Å². The van der Waals surface area contributed by atoms with Gasteiger partial charge in [0.25, 0.3) is 11.8 Å². The first kappa shape index (κ1) is 22.4. The van der Waals surface area contributed by atoms with Gasteiger partial charge in [0.15, 0.2) is 0 Å². The molecule has 1 heterocycles. The van der Waals surface area contributed by atoms with Gasteiger partial charge in [0.2, 0.25) is 0 Å². The Kier molecular flexibility index (Phi) is 8.66. The molecule has 0 bridgehead atoms. The second-order valence-electron chi connectivity index (χ2n) is 6.71. The summed E-state index contributed by atoms with van der Waals surface area (Å²) in [5.74, 6) is 10.5. The number of hydrogen-bond donors (Lipinski definition) is 4. The van der Waals surface area contributed by atoms with E-state index in [4.69, 9.17) is 15.7 Å². The number of carbonyl (C=O) groups is 2. The van der Waals surface area contributed by atoms with E-state index in [9.17, 15) is 9.59 Å². The van der Waals surface area contributed by atoms with E-state index in [0.29, 0.717) is 11.1 Å². The van der Waals surface area contributed by atoms with Crippen LogP contribution >= 0.6 is 0 Å². The Bertz CT molecular complexity index is 824. The average Bonchev–Trinajstić information content (AvgIpc) is 2.75. The summed E-state index contributed by atoms with van der Waals surface area (Å²) in [6.07, 6.45) is 0. The average molecular weight is 398 g/mol. The smallest absolute Gasteiger partial charge is 0.267 e. The van der Waals surface area contributed by atoms with E-state index in [1.807, 2.05) is 6.92 Å². The fraction of sp³-hybridized carbons (Fsp3) is 0.429. The van der Waals surface area contributed by atoms with Gasteiger partial charge >= 0.3 is 0 Å². The summed E-state index contributed by atoms with van der Waals surface area (Å²) in [5.41, 5.74) is 8.23. The predicted octanol–water partition coefficient (Wildman–Crippen LogP) is -0.287. The maximum atomic E-state index is 12.3. The summed E-state index contributed by atoms with van der Waals surface area (Å²) >= 11 is 0. The number of nitrogens with one attached hydrogen (secondary N) is 2. The summed E-state index contributed by atoms with van der Waals surface area (Å²) in [7, 11) is 0. The molecule has 8 heteroatoms. The topological polar surface area (TPSA) is 117 Å². The Hall–Kier alpha value is -2.88. The van der Waals surface area contributed by atoms with Gasteiger partial charge in [-0.1, -0.05) is 11.8 Å². The Balaban J connectivity index is 1.95. The largest absolute Gasteiger partial charge is 0.379 e. The second kappa shape index (κ2) is 11.2. The van der Waals surface area contributed by atoms with Gasteiger partial charge in [-0.3, -0.25) is 19.7 Å². The van der Waals surface area contributed by atoms with Gasteiger partial charge in [-0.25, -0.2) is 5.48 Å². The molecule has 1 aromatic carbocycles. The Labute approximate surface area is 170 Å². The fourth-order valence-electron chi connectivity index (χ4n) is 2.73. The van der Waals surface area contributed by atoms with Gasteiger partial charge in [0.05, 0.1) is 19.3 Å². The van der Waals surface area contributed by atoms with Crippen LogP contribution in [0.1, 0.15) is 29.8 Å². The molecule has 2 amide bonds. The minimum absolute atomic E-state index is 0.119. The zero-order chi connectivity index (χ0) is 21.2. The van der Waals surface area contributed by atoms with Gasteiger partial charge in [-0.2, -0.15) is 0 Å².